The number of pyridine rings is 1. The molecule has 10 heteroatoms. The van der Waals surface area contributed by atoms with Gasteiger partial charge in [0.2, 0.25) is 0 Å². The summed E-state index contributed by atoms with van der Waals surface area (Å²) < 4.78 is 35.5. The first-order chi connectivity index (χ1) is 15.8. The van der Waals surface area contributed by atoms with Crippen molar-refractivity contribution in [2.45, 2.75) is 57.0 Å². The van der Waals surface area contributed by atoms with Crippen molar-refractivity contribution in [2.75, 3.05) is 20.8 Å². The molecule has 180 valence electrons. The summed E-state index contributed by atoms with van der Waals surface area (Å²) in [5, 5.41) is 12.7. The van der Waals surface area contributed by atoms with E-state index in [2.05, 4.69) is 10.3 Å². The molecule has 0 aromatic carbocycles. The smallest absolute Gasteiger partial charge is 0.329 e. The van der Waals surface area contributed by atoms with Crippen LogP contribution in [0.4, 0.5) is 4.39 Å². The summed E-state index contributed by atoms with van der Waals surface area (Å²) in [6.45, 7) is 1.84. The number of aromatic hydroxyl groups is 1. The van der Waals surface area contributed by atoms with Crippen molar-refractivity contribution < 1.29 is 38.0 Å². The molecule has 0 bridgehead atoms. The maximum Gasteiger partial charge on any atom is 0.329 e. The molecule has 1 aromatic heterocycles. The van der Waals surface area contributed by atoms with E-state index in [1.165, 1.54) is 32.6 Å². The maximum absolute atomic E-state index is 13.3. The van der Waals surface area contributed by atoms with Crippen molar-refractivity contribution in [3.63, 3.8) is 0 Å². The van der Waals surface area contributed by atoms with Crippen LogP contribution in [-0.4, -0.2) is 67.1 Å². The van der Waals surface area contributed by atoms with Gasteiger partial charge in [-0.05, 0) is 25.8 Å². The molecule has 1 aliphatic carbocycles. The molecule has 33 heavy (non-hydrogen) atoms. The van der Waals surface area contributed by atoms with Gasteiger partial charge in [0.1, 0.15) is 24.1 Å². The Morgan fingerprint density at radius 3 is 2.79 bits per heavy atom. The van der Waals surface area contributed by atoms with Crippen molar-refractivity contribution in [2.24, 2.45) is 0 Å². The monoisotopic (exact) mass is 464 g/mol. The van der Waals surface area contributed by atoms with Crippen molar-refractivity contribution in [1.82, 2.24) is 10.3 Å². The number of methoxy groups -OCH3 is 2. The molecule has 0 saturated carbocycles. The molecule has 2 heterocycles. The number of allylic oxidation sites excluding steroid dienone is 3. The van der Waals surface area contributed by atoms with E-state index in [-0.39, 0.29) is 30.3 Å². The van der Waals surface area contributed by atoms with E-state index in [1.54, 1.807) is 13.0 Å². The van der Waals surface area contributed by atoms with Gasteiger partial charge >= 0.3 is 5.97 Å². The van der Waals surface area contributed by atoms with E-state index in [9.17, 15) is 19.1 Å². The summed E-state index contributed by atoms with van der Waals surface area (Å²) in [5.41, 5.74) is 0.749. The lowest BCUT2D eigenvalue weighted by atomic mass is 9.95. The normalized spacial score (nSPS) is 26.1. The molecule has 0 spiro atoms. The lowest BCUT2D eigenvalue weighted by molar-refractivity contribution is -0.161. The Morgan fingerprint density at radius 2 is 2.12 bits per heavy atom. The zero-order chi connectivity index (χ0) is 24.0. The molecule has 1 fully saturated rings. The van der Waals surface area contributed by atoms with Gasteiger partial charge in [0.25, 0.3) is 5.91 Å². The third kappa shape index (κ3) is 6.08. The van der Waals surface area contributed by atoms with Crippen LogP contribution in [0.25, 0.3) is 0 Å². The third-order valence-corrected chi connectivity index (χ3v) is 5.70. The number of amides is 1. The summed E-state index contributed by atoms with van der Waals surface area (Å²) in [7, 11) is 2.86. The molecule has 0 radical (unpaired) electrons. The van der Waals surface area contributed by atoms with Crippen LogP contribution in [0.2, 0.25) is 0 Å². The van der Waals surface area contributed by atoms with Gasteiger partial charge in [0.05, 0.1) is 13.2 Å². The zero-order valence-electron chi connectivity index (χ0n) is 18.9. The minimum Gasteiger partial charge on any atom is -0.503 e. The summed E-state index contributed by atoms with van der Waals surface area (Å²) in [4.78, 5) is 29.3. The predicted molar refractivity (Wildman–Crippen MR) is 116 cm³/mol. The Balaban J connectivity index is 1.72. The van der Waals surface area contributed by atoms with Gasteiger partial charge in [-0.15, -0.1) is 0 Å². The fourth-order valence-corrected chi connectivity index (χ4v) is 3.91. The number of halogens is 1. The topological polar surface area (TPSA) is 116 Å². The molecule has 4 atom stereocenters. The Labute approximate surface area is 191 Å². The van der Waals surface area contributed by atoms with Gasteiger partial charge in [0.15, 0.2) is 17.2 Å². The number of rotatable bonds is 6. The molecule has 2 aliphatic rings. The SMILES string of the molecule is COc1ccnc(C(=O)N[C@H]2CCOC(CC3=CC=C(F)CC3)[C@@H](OC)C(C)OC2=O)c1O. The van der Waals surface area contributed by atoms with Crippen molar-refractivity contribution in [3.8, 4) is 11.5 Å². The largest absolute Gasteiger partial charge is 0.503 e. The van der Waals surface area contributed by atoms with Gasteiger partial charge < -0.3 is 29.4 Å². The minimum atomic E-state index is -1.02. The Morgan fingerprint density at radius 1 is 1.33 bits per heavy atom. The van der Waals surface area contributed by atoms with E-state index in [1.807, 2.05) is 0 Å². The lowest BCUT2D eigenvalue weighted by Gasteiger charge is -2.30. The summed E-state index contributed by atoms with van der Waals surface area (Å²) >= 11 is 0. The second-order valence-electron chi connectivity index (χ2n) is 7.92. The van der Waals surface area contributed by atoms with Crippen LogP contribution in [0.15, 0.2) is 35.8 Å². The average Bonchev–Trinajstić information content (AvgIpc) is 2.84. The van der Waals surface area contributed by atoms with Crippen LogP contribution in [0, 0.1) is 0 Å². The second-order valence-corrected chi connectivity index (χ2v) is 7.92. The zero-order valence-corrected chi connectivity index (χ0v) is 18.9. The van der Waals surface area contributed by atoms with Crippen molar-refractivity contribution in [1.29, 1.82) is 0 Å². The molecule has 1 aliphatic heterocycles. The number of nitrogens with one attached hydrogen (secondary N) is 1. The fraction of sp³-hybridized carbons (Fsp3) is 0.522. The maximum atomic E-state index is 13.3. The first-order valence-electron chi connectivity index (χ1n) is 10.8. The molecular weight excluding hydrogens is 435 g/mol. The van der Waals surface area contributed by atoms with Crippen LogP contribution in [-0.2, 0) is 19.0 Å². The second kappa shape index (κ2) is 11.2. The molecule has 1 saturated heterocycles. The average molecular weight is 464 g/mol. The number of aromatic nitrogens is 1. The van der Waals surface area contributed by atoms with Gasteiger partial charge in [-0.1, -0.05) is 11.6 Å². The van der Waals surface area contributed by atoms with Crippen molar-refractivity contribution in [3.05, 3.63) is 41.5 Å². The van der Waals surface area contributed by atoms with Crippen LogP contribution < -0.4 is 10.1 Å². The van der Waals surface area contributed by atoms with E-state index < -0.39 is 42.0 Å². The van der Waals surface area contributed by atoms with Gasteiger partial charge in [-0.25, -0.2) is 14.2 Å². The standard InChI is InChI=1S/C23H29FN2O7/c1-13-21(31-3)18(12-14-4-6-15(24)7-5-14)32-11-9-16(23(29)33-13)26-22(28)19-20(27)17(30-2)8-10-25-19/h4,6,8,10,13,16,18,21,27H,5,7,9,11-12H2,1-3H3,(H,26,28)/t13?,16-,18?,21-/m0/s1. The van der Waals surface area contributed by atoms with E-state index in [0.717, 1.165) is 5.57 Å². The molecule has 1 amide bonds. The first-order valence-corrected chi connectivity index (χ1v) is 10.8. The minimum absolute atomic E-state index is 0.0849. The quantitative estimate of drug-likeness (QED) is 0.617. The first kappa shape index (κ1) is 24.7. The van der Waals surface area contributed by atoms with E-state index in [0.29, 0.717) is 19.3 Å². The van der Waals surface area contributed by atoms with E-state index >= 15 is 0 Å². The number of carbonyl (C=O) groups is 2. The number of esters is 1. The Kier molecular flexibility index (Phi) is 8.40. The third-order valence-electron chi connectivity index (χ3n) is 5.70. The molecule has 9 nitrogen and oxygen atoms in total. The Bertz CT molecular complexity index is 933. The van der Waals surface area contributed by atoms with Gasteiger partial charge in [-0.3, -0.25) is 4.79 Å². The highest BCUT2D eigenvalue weighted by Gasteiger charge is 2.36. The highest BCUT2D eigenvalue weighted by molar-refractivity contribution is 5.97. The van der Waals surface area contributed by atoms with E-state index in [4.69, 9.17) is 18.9 Å². The van der Waals surface area contributed by atoms with Crippen LogP contribution in [0.3, 0.4) is 0 Å². The van der Waals surface area contributed by atoms with Crippen molar-refractivity contribution >= 4 is 11.9 Å². The molecule has 3 rings (SSSR count). The highest BCUT2D eigenvalue weighted by atomic mass is 19.1. The number of nitrogens with zero attached hydrogens (tertiary/aromatic N) is 1. The fourth-order valence-electron chi connectivity index (χ4n) is 3.91. The summed E-state index contributed by atoms with van der Waals surface area (Å²) in [5.74, 6) is -1.89. The summed E-state index contributed by atoms with van der Waals surface area (Å²) in [6, 6.07) is 0.391. The number of ether oxygens (including phenoxy) is 4. The number of hydrogen-bond donors (Lipinski definition) is 2. The number of carbonyl (C=O) groups excluding carboxylic acids is 2. The van der Waals surface area contributed by atoms with Crippen LogP contribution in [0.1, 0.15) is 43.1 Å². The molecule has 2 N–H and O–H groups in total. The van der Waals surface area contributed by atoms with Gasteiger partial charge in [0, 0.05) is 38.8 Å². The van der Waals surface area contributed by atoms with Crippen LogP contribution >= 0.6 is 0 Å². The predicted octanol–water partition coefficient (Wildman–Crippen LogP) is 2.59. The molecule has 2 unspecified atom stereocenters. The highest BCUT2D eigenvalue weighted by Crippen LogP contribution is 2.29. The number of hydrogen-bond acceptors (Lipinski definition) is 8. The Hall–Kier alpha value is -2.98. The molecule has 1 aromatic rings. The lowest BCUT2D eigenvalue weighted by Crippen LogP contribution is -2.45. The summed E-state index contributed by atoms with van der Waals surface area (Å²) in [6.07, 6.45) is 4.45. The van der Waals surface area contributed by atoms with Crippen LogP contribution in [0.5, 0.6) is 11.5 Å². The number of cyclic esters (lactones) is 1. The van der Waals surface area contributed by atoms with Gasteiger partial charge in [-0.2, -0.15) is 0 Å². The molecular formula is C23H29FN2O7.